The van der Waals surface area contributed by atoms with Gasteiger partial charge in [-0.05, 0) is 6.92 Å². The van der Waals surface area contributed by atoms with Crippen molar-refractivity contribution < 1.29 is 9.47 Å². The summed E-state index contributed by atoms with van der Waals surface area (Å²) in [4.78, 5) is 8.43. The monoisotopic (exact) mass is 328 g/mol. The molecule has 1 aliphatic heterocycles. The van der Waals surface area contributed by atoms with Crippen LogP contribution in [0.25, 0.3) is 5.65 Å². The summed E-state index contributed by atoms with van der Waals surface area (Å²) in [5, 5.41) is 7.74. The lowest BCUT2D eigenvalue weighted by Crippen LogP contribution is -2.41. The van der Waals surface area contributed by atoms with Gasteiger partial charge in [0.05, 0.1) is 49.7 Å². The zero-order valence-electron chi connectivity index (χ0n) is 13.5. The molecular formula is C16H20N6O2. The Morgan fingerprint density at radius 3 is 3.17 bits per heavy atom. The van der Waals surface area contributed by atoms with E-state index in [1.165, 1.54) is 0 Å². The molecule has 0 spiro atoms. The smallest absolute Gasteiger partial charge is 0.157 e. The summed E-state index contributed by atoms with van der Waals surface area (Å²) in [7, 11) is 0. The summed E-state index contributed by atoms with van der Waals surface area (Å²) in [6.07, 6.45) is 10.9. The van der Waals surface area contributed by atoms with E-state index in [0.29, 0.717) is 19.8 Å². The van der Waals surface area contributed by atoms with E-state index in [1.807, 2.05) is 34.6 Å². The second-order valence-corrected chi connectivity index (χ2v) is 5.77. The first-order chi connectivity index (χ1) is 11.8. The van der Waals surface area contributed by atoms with Crippen LogP contribution in [0, 0.1) is 0 Å². The Labute approximate surface area is 139 Å². The lowest BCUT2D eigenvalue weighted by atomic mass is 10.2. The number of hydrogen-bond acceptors (Lipinski definition) is 6. The average molecular weight is 328 g/mol. The summed E-state index contributed by atoms with van der Waals surface area (Å²) in [6, 6.07) is 0.127. The molecule has 2 atom stereocenters. The van der Waals surface area contributed by atoms with Crippen molar-refractivity contribution in [2.75, 3.05) is 13.2 Å². The van der Waals surface area contributed by atoms with Crippen LogP contribution in [-0.4, -0.2) is 49.5 Å². The third-order valence-corrected chi connectivity index (χ3v) is 4.19. The number of nitrogens with one attached hydrogen (secondary N) is 1. The van der Waals surface area contributed by atoms with Gasteiger partial charge in [0.2, 0.25) is 0 Å². The van der Waals surface area contributed by atoms with E-state index in [1.54, 1.807) is 18.6 Å². The van der Waals surface area contributed by atoms with Gasteiger partial charge < -0.3 is 14.8 Å². The Morgan fingerprint density at radius 2 is 2.29 bits per heavy atom. The molecule has 0 amide bonds. The van der Waals surface area contributed by atoms with E-state index in [9.17, 15) is 0 Å². The standard InChI is InChI=1S/C16H20N6O2/c1-2-21-9-13(7-20-21)24-15-11-23-10-14(15)18-5-12-6-19-16-8-17-3-4-22(12)16/h3-4,6-9,14-15,18H,2,5,10-11H2,1H3/t14-,15+/m0/s1. The fraction of sp³-hybridized carbons (Fsp3) is 0.438. The molecule has 4 heterocycles. The Hall–Kier alpha value is -2.45. The highest BCUT2D eigenvalue weighted by atomic mass is 16.5. The van der Waals surface area contributed by atoms with E-state index in [0.717, 1.165) is 23.6 Å². The second kappa shape index (κ2) is 6.58. The molecule has 24 heavy (non-hydrogen) atoms. The van der Waals surface area contributed by atoms with E-state index < -0.39 is 0 Å². The van der Waals surface area contributed by atoms with Gasteiger partial charge in [0.25, 0.3) is 0 Å². The number of aromatic nitrogens is 5. The van der Waals surface area contributed by atoms with Crippen molar-refractivity contribution in [1.29, 1.82) is 0 Å². The Kier molecular flexibility index (Phi) is 4.14. The molecule has 1 N–H and O–H groups in total. The summed E-state index contributed by atoms with van der Waals surface area (Å²) >= 11 is 0. The van der Waals surface area contributed by atoms with Gasteiger partial charge in [0.1, 0.15) is 6.10 Å². The van der Waals surface area contributed by atoms with Crippen LogP contribution in [0.2, 0.25) is 0 Å². The molecule has 0 radical (unpaired) electrons. The van der Waals surface area contributed by atoms with Crippen LogP contribution < -0.4 is 10.1 Å². The third kappa shape index (κ3) is 2.98. The number of nitrogens with zero attached hydrogens (tertiary/aromatic N) is 5. The maximum atomic E-state index is 6.02. The predicted octanol–water partition coefficient (Wildman–Crippen LogP) is 0.882. The molecule has 1 fully saturated rings. The predicted molar refractivity (Wildman–Crippen MR) is 86.8 cm³/mol. The largest absolute Gasteiger partial charge is 0.483 e. The second-order valence-electron chi connectivity index (χ2n) is 5.77. The van der Waals surface area contributed by atoms with Crippen LogP contribution in [-0.2, 0) is 17.8 Å². The highest BCUT2D eigenvalue weighted by molar-refractivity contribution is 5.36. The van der Waals surface area contributed by atoms with E-state index in [2.05, 4.69) is 20.4 Å². The van der Waals surface area contributed by atoms with Crippen LogP contribution in [0.5, 0.6) is 5.75 Å². The summed E-state index contributed by atoms with van der Waals surface area (Å²) in [6.45, 7) is 4.77. The molecule has 3 aromatic heterocycles. The third-order valence-electron chi connectivity index (χ3n) is 4.19. The molecule has 4 rings (SSSR count). The number of ether oxygens (including phenoxy) is 2. The van der Waals surface area contributed by atoms with Crippen LogP contribution in [0.3, 0.4) is 0 Å². The van der Waals surface area contributed by atoms with Crippen molar-refractivity contribution in [2.24, 2.45) is 0 Å². The normalized spacial score (nSPS) is 20.7. The van der Waals surface area contributed by atoms with Gasteiger partial charge in [0, 0.05) is 25.5 Å². The molecule has 0 bridgehead atoms. The van der Waals surface area contributed by atoms with Crippen molar-refractivity contribution in [3.8, 4) is 5.75 Å². The molecule has 0 saturated carbocycles. The number of aryl methyl sites for hydroxylation is 1. The van der Waals surface area contributed by atoms with Crippen molar-refractivity contribution in [3.63, 3.8) is 0 Å². The van der Waals surface area contributed by atoms with E-state index >= 15 is 0 Å². The van der Waals surface area contributed by atoms with Crippen LogP contribution in [0.1, 0.15) is 12.6 Å². The summed E-state index contributed by atoms with van der Waals surface area (Å²) in [5.41, 5.74) is 1.92. The summed E-state index contributed by atoms with van der Waals surface area (Å²) in [5.74, 6) is 0.778. The highest BCUT2D eigenvalue weighted by Gasteiger charge is 2.30. The van der Waals surface area contributed by atoms with Crippen molar-refractivity contribution in [2.45, 2.75) is 32.2 Å². The van der Waals surface area contributed by atoms with Gasteiger partial charge in [-0.1, -0.05) is 0 Å². The van der Waals surface area contributed by atoms with Crippen LogP contribution in [0.4, 0.5) is 0 Å². The molecule has 0 aliphatic carbocycles. The lowest BCUT2D eigenvalue weighted by Gasteiger charge is -2.19. The highest BCUT2D eigenvalue weighted by Crippen LogP contribution is 2.17. The number of rotatable bonds is 6. The first-order valence-electron chi connectivity index (χ1n) is 8.09. The lowest BCUT2D eigenvalue weighted by molar-refractivity contribution is 0.139. The average Bonchev–Trinajstić information content (AvgIpc) is 3.33. The number of fused-ring (bicyclic) bond motifs is 1. The van der Waals surface area contributed by atoms with Gasteiger partial charge in [0.15, 0.2) is 11.4 Å². The topological polar surface area (TPSA) is 78.5 Å². The van der Waals surface area contributed by atoms with Crippen molar-refractivity contribution in [1.82, 2.24) is 29.5 Å². The molecule has 3 aromatic rings. The SMILES string of the molecule is CCn1cc(O[C@@H]2COC[C@@H]2NCc2cnc3cnccn23)cn1. The molecule has 8 nitrogen and oxygen atoms in total. The molecule has 0 aromatic carbocycles. The molecule has 1 aliphatic rings. The number of hydrogen-bond donors (Lipinski definition) is 1. The molecule has 8 heteroatoms. The zero-order chi connectivity index (χ0) is 16.4. The van der Waals surface area contributed by atoms with Gasteiger partial charge in [-0.25, -0.2) is 4.98 Å². The molecule has 0 unspecified atom stereocenters. The van der Waals surface area contributed by atoms with Gasteiger partial charge in [-0.15, -0.1) is 0 Å². The zero-order valence-corrected chi connectivity index (χ0v) is 13.5. The maximum absolute atomic E-state index is 6.02. The van der Waals surface area contributed by atoms with Crippen LogP contribution >= 0.6 is 0 Å². The Balaban J connectivity index is 1.40. The van der Waals surface area contributed by atoms with Gasteiger partial charge >= 0.3 is 0 Å². The van der Waals surface area contributed by atoms with Gasteiger partial charge in [-0.2, -0.15) is 5.10 Å². The first kappa shape index (κ1) is 15.1. The maximum Gasteiger partial charge on any atom is 0.157 e. The van der Waals surface area contributed by atoms with E-state index in [-0.39, 0.29) is 12.1 Å². The minimum atomic E-state index is -0.0274. The fourth-order valence-electron chi connectivity index (χ4n) is 2.86. The molecule has 1 saturated heterocycles. The molecule has 126 valence electrons. The molecular weight excluding hydrogens is 308 g/mol. The quantitative estimate of drug-likeness (QED) is 0.724. The Bertz CT molecular complexity index is 814. The van der Waals surface area contributed by atoms with Crippen molar-refractivity contribution >= 4 is 5.65 Å². The number of imidazole rings is 1. The van der Waals surface area contributed by atoms with Crippen LogP contribution in [0.15, 0.2) is 37.2 Å². The summed E-state index contributed by atoms with van der Waals surface area (Å²) < 4.78 is 15.5. The van der Waals surface area contributed by atoms with Crippen molar-refractivity contribution in [3.05, 3.63) is 42.9 Å². The fourth-order valence-corrected chi connectivity index (χ4v) is 2.86. The first-order valence-corrected chi connectivity index (χ1v) is 8.09. The van der Waals surface area contributed by atoms with E-state index in [4.69, 9.17) is 9.47 Å². The Morgan fingerprint density at radius 1 is 1.33 bits per heavy atom. The minimum Gasteiger partial charge on any atom is -0.483 e. The van der Waals surface area contributed by atoms with Gasteiger partial charge in [-0.3, -0.25) is 14.1 Å². The minimum absolute atomic E-state index is 0.0274.